The molecule has 2 aromatic heterocycles. The molecule has 5 rings (SSSR count). The van der Waals surface area contributed by atoms with Gasteiger partial charge in [0.15, 0.2) is 5.82 Å². The first-order valence-corrected chi connectivity index (χ1v) is 11.6. The molecule has 0 spiro atoms. The van der Waals surface area contributed by atoms with E-state index in [0.717, 1.165) is 60.2 Å². The molecule has 34 heavy (non-hydrogen) atoms. The lowest BCUT2D eigenvalue weighted by atomic mass is 10.1. The highest BCUT2D eigenvalue weighted by Gasteiger charge is 2.27. The van der Waals surface area contributed by atoms with Gasteiger partial charge in [-0.15, -0.1) is 0 Å². The number of nitrogens with zero attached hydrogens (tertiary/aromatic N) is 4. The smallest absolute Gasteiger partial charge is 0.159 e. The molecule has 1 saturated heterocycles. The van der Waals surface area contributed by atoms with Gasteiger partial charge in [0.2, 0.25) is 0 Å². The number of rotatable bonds is 8. The maximum Gasteiger partial charge on any atom is 0.159 e. The molecule has 0 amide bonds. The van der Waals surface area contributed by atoms with Crippen molar-refractivity contribution in [3.05, 3.63) is 102 Å². The number of benzene rings is 2. The Morgan fingerprint density at radius 3 is 2.65 bits per heavy atom. The highest BCUT2D eigenvalue weighted by atomic mass is 16.5. The van der Waals surface area contributed by atoms with Crippen molar-refractivity contribution >= 4 is 0 Å². The molecule has 1 aliphatic rings. The molecular formula is C28H28N4O2. The summed E-state index contributed by atoms with van der Waals surface area (Å²) in [5.41, 5.74) is 4.21. The first-order valence-electron chi connectivity index (χ1n) is 11.6. The Bertz CT molecular complexity index is 1210. The van der Waals surface area contributed by atoms with Crippen molar-refractivity contribution in [2.45, 2.75) is 32.0 Å². The van der Waals surface area contributed by atoms with Crippen LogP contribution in [0.5, 0.6) is 11.5 Å². The van der Waals surface area contributed by atoms with E-state index in [1.54, 1.807) is 13.3 Å². The van der Waals surface area contributed by atoms with Crippen LogP contribution in [0.4, 0.5) is 0 Å². The summed E-state index contributed by atoms with van der Waals surface area (Å²) in [6.07, 6.45) is 5.90. The fraction of sp³-hybridized carbons (Fsp3) is 0.250. The maximum absolute atomic E-state index is 5.98. The van der Waals surface area contributed by atoms with Gasteiger partial charge in [-0.3, -0.25) is 9.88 Å². The zero-order valence-electron chi connectivity index (χ0n) is 19.3. The second-order valence-corrected chi connectivity index (χ2v) is 8.42. The third-order valence-electron chi connectivity index (χ3n) is 6.13. The first kappa shape index (κ1) is 22.0. The van der Waals surface area contributed by atoms with Gasteiger partial charge in [0.1, 0.15) is 18.1 Å². The molecule has 0 radical (unpaired) electrons. The second-order valence-electron chi connectivity index (χ2n) is 8.42. The summed E-state index contributed by atoms with van der Waals surface area (Å²) in [5.74, 6) is 2.44. The predicted octanol–water partition coefficient (Wildman–Crippen LogP) is 5.46. The highest BCUT2D eigenvalue weighted by Crippen LogP contribution is 2.33. The van der Waals surface area contributed by atoms with Crippen molar-refractivity contribution in [2.75, 3.05) is 13.7 Å². The minimum absolute atomic E-state index is 0.276. The van der Waals surface area contributed by atoms with E-state index >= 15 is 0 Å². The fourth-order valence-corrected chi connectivity index (χ4v) is 4.40. The Morgan fingerprint density at radius 2 is 1.82 bits per heavy atom. The SMILES string of the molecule is COc1ccc(-c2nccc(C3CCCN3Cc3cccc(OCc4ccccn4)c3)n2)cc1. The maximum atomic E-state index is 5.98. The van der Waals surface area contributed by atoms with Gasteiger partial charge in [-0.2, -0.15) is 0 Å². The lowest BCUT2D eigenvalue weighted by molar-refractivity contribution is 0.243. The lowest BCUT2D eigenvalue weighted by Gasteiger charge is -2.24. The van der Waals surface area contributed by atoms with Crippen molar-refractivity contribution in [3.8, 4) is 22.9 Å². The van der Waals surface area contributed by atoms with E-state index in [1.807, 2.05) is 60.8 Å². The van der Waals surface area contributed by atoms with Gasteiger partial charge < -0.3 is 9.47 Å². The zero-order chi connectivity index (χ0) is 23.2. The average Bonchev–Trinajstić information content (AvgIpc) is 3.36. The number of pyridine rings is 1. The molecule has 3 heterocycles. The Kier molecular flexibility index (Phi) is 6.77. The third-order valence-corrected chi connectivity index (χ3v) is 6.13. The molecule has 1 aliphatic heterocycles. The number of ether oxygens (including phenoxy) is 2. The average molecular weight is 453 g/mol. The van der Waals surface area contributed by atoms with Crippen LogP contribution in [0.3, 0.4) is 0 Å². The van der Waals surface area contributed by atoms with Gasteiger partial charge in [0.05, 0.1) is 24.5 Å². The molecule has 0 aliphatic carbocycles. The Morgan fingerprint density at radius 1 is 0.912 bits per heavy atom. The molecule has 1 fully saturated rings. The molecule has 4 aromatic rings. The van der Waals surface area contributed by atoms with Gasteiger partial charge in [-0.1, -0.05) is 18.2 Å². The molecule has 1 unspecified atom stereocenters. The molecular weight excluding hydrogens is 424 g/mol. The Balaban J connectivity index is 1.28. The van der Waals surface area contributed by atoms with Crippen LogP contribution in [0.2, 0.25) is 0 Å². The topological polar surface area (TPSA) is 60.4 Å². The van der Waals surface area contributed by atoms with Crippen LogP contribution >= 0.6 is 0 Å². The minimum atomic E-state index is 0.276. The van der Waals surface area contributed by atoms with Crippen LogP contribution in [0.15, 0.2) is 85.2 Å². The van der Waals surface area contributed by atoms with E-state index in [2.05, 4.69) is 33.1 Å². The van der Waals surface area contributed by atoms with E-state index in [-0.39, 0.29) is 6.04 Å². The molecule has 1 atom stereocenters. The number of hydrogen-bond donors (Lipinski definition) is 0. The number of aromatic nitrogens is 3. The largest absolute Gasteiger partial charge is 0.497 e. The third kappa shape index (κ3) is 5.24. The van der Waals surface area contributed by atoms with Gasteiger partial charge in [-0.25, -0.2) is 9.97 Å². The summed E-state index contributed by atoms with van der Waals surface area (Å²) >= 11 is 0. The first-order chi connectivity index (χ1) is 16.8. The minimum Gasteiger partial charge on any atom is -0.497 e. The summed E-state index contributed by atoms with van der Waals surface area (Å²) in [5, 5.41) is 0. The van der Waals surface area contributed by atoms with Crippen LogP contribution in [0.1, 0.15) is 35.8 Å². The molecule has 0 N–H and O–H groups in total. The van der Waals surface area contributed by atoms with Crippen LogP contribution < -0.4 is 9.47 Å². The summed E-state index contributed by atoms with van der Waals surface area (Å²) in [6.45, 7) is 2.37. The highest BCUT2D eigenvalue weighted by molar-refractivity contribution is 5.56. The second kappa shape index (κ2) is 10.4. The van der Waals surface area contributed by atoms with E-state index in [4.69, 9.17) is 14.5 Å². The van der Waals surface area contributed by atoms with Crippen LogP contribution in [-0.4, -0.2) is 33.5 Å². The molecule has 0 saturated carbocycles. The molecule has 6 nitrogen and oxygen atoms in total. The number of hydrogen-bond acceptors (Lipinski definition) is 6. The molecule has 6 heteroatoms. The van der Waals surface area contributed by atoms with Crippen molar-refractivity contribution in [1.29, 1.82) is 0 Å². The van der Waals surface area contributed by atoms with Crippen molar-refractivity contribution in [2.24, 2.45) is 0 Å². The van der Waals surface area contributed by atoms with E-state index in [1.165, 1.54) is 5.56 Å². The van der Waals surface area contributed by atoms with E-state index in [9.17, 15) is 0 Å². The quantitative estimate of drug-likeness (QED) is 0.354. The summed E-state index contributed by atoms with van der Waals surface area (Å²) < 4.78 is 11.2. The number of likely N-dealkylation sites (tertiary alicyclic amines) is 1. The lowest BCUT2D eigenvalue weighted by Crippen LogP contribution is -2.23. The van der Waals surface area contributed by atoms with Gasteiger partial charge in [0, 0.05) is 24.5 Å². The molecule has 2 aromatic carbocycles. The summed E-state index contributed by atoms with van der Waals surface area (Å²) in [7, 11) is 1.67. The van der Waals surface area contributed by atoms with Crippen LogP contribution in [0.25, 0.3) is 11.4 Å². The molecule has 172 valence electrons. The standard InChI is InChI=1S/C28H28N4O2/c1-33-24-12-10-22(11-13-24)28-30-16-14-26(31-28)27-9-5-17-32(27)19-21-6-4-8-25(18-21)34-20-23-7-2-3-15-29-23/h2-4,6-8,10-16,18,27H,5,9,17,19-20H2,1H3. The van der Waals surface area contributed by atoms with Gasteiger partial charge in [-0.05, 0) is 79.5 Å². The van der Waals surface area contributed by atoms with Crippen LogP contribution in [-0.2, 0) is 13.2 Å². The van der Waals surface area contributed by atoms with E-state index in [0.29, 0.717) is 6.61 Å². The normalized spacial score (nSPS) is 15.9. The Hall–Kier alpha value is -3.77. The fourth-order valence-electron chi connectivity index (χ4n) is 4.40. The van der Waals surface area contributed by atoms with Gasteiger partial charge >= 0.3 is 0 Å². The summed E-state index contributed by atoms with van der Waals surface area (Å²) in [4.78, 5) is 16.3. The van der Waals surface area contributed by atoms with Crippen LogP contribution in [0, 0.1) is 0 Å². The summed E-state index contributed by atoms with van der Waals surface area (Å²) in [6, 6.07) is 24.4. The predicted molar refractivity (Wildman–Crippen MR) is 131 cm³/mol. The number of methoxy groups -OCH3 is 1. The monoisotopic (exact) mass is 452 g/mol. The molecule has 0 bridgehead atoms. The van der Waals surface area contributed by atoms with Crippen molar-refractivity contribution < 1.29 is 9.47 Å². The van der Waals surface area contributed by atoms with Crippen molar-refractivity contribution in [1.82, 2.24) is 19.9 Å². The zero-order valence-corrected chi connectivity index (χ0v) is 19.3. The van der Waals surface area contributed by atoms with Gasteiger partial charge in [0.25, 0.3) is 0 Å². The Labute approximate surface area is 200 Å². The van der Waals surface area contributed by atoms with E-state index < -0.39 is 0 Å². The van der Waals surface area contributed by atoms with Crippen molar-refractivity contribution in [3.63, 3.8) is 0 Å².